The molecule has 0 spiro atoms. The van der Waals surface area contributed by atoms with Crippen molar-refractivity contribution in [3.05, 3.63) is 71.8 Å². The van der Waals surface area contributed by atoms with E-state index in [9.17, 15) is 4.79 Å². The monoisotopic (exact) mass is 391 g/mol. The molecule has 1 aliphatic heterocycles. The fourth-order valence-corrected chi connectivity index (χ4v) is 3.66. The third kappa shape index (κ3) is 3.86. The highest BCUT2D eigenvalue weighted by Gasteiger charge is 2.31. The Kier molecular flexibility index (Phi) is 5.57. The summed E-state index contributed by atoms with van der Waals surface area (Å²) in [5, 5.41) is 7.94. The molecule has 1 N–H and O–H groups in total. The first-order chi connectivity index (χ1) is 14.2. The van der Waals surface area contributed by atoms with Crippen LogP contribution >= 0.6 is 0 Å². The summed E-state index contributed by atoms with van der Waals surface area (Å²) in [6, 6.07) is 17.5. The number of rotatable bonds is 5. The molecule has 150 valence electrons. The van der Waals surface area contributed by atoms with Gasteiger partial charge in [0.2, 0.25) is 5.82 Å². The van der Waals surface area contributed by atoms with Gasteiger partial charge in [-0.05, 0) is 29.8 Å². The minimum absolute atomic E-state index is 0.0971. The van der Waals surface area contributed by atoms with Gasteiger partial charge in [0.05, 0.1) is 18.8 Å². The van der Waals surface area contributed by atoms with Gasteiger partial charge in [-0.2, -0.15) is 0 Å². The van der Waals surface area contributed by atoms with E-state index in [0.29, 0.717) is 19.5 Å². The minimum atomic E-state index is -0.149. The highest BCUT2D eigenvalue weighted by molar-refractivity contribution is 5.91. The lowest BCUT2D eigenvalue weighted by atomic mass is 10.0. The number of benzene rings is 2. The number of aromatic nitrogens is 3. The number of piperazine rings is 1. The summed E-state index contributed by atoms with van der Waals surface area (Å²) in [7, 11) is 1.65. The number of carbonyl (C=O) groups excluding carboxylic acids is 1. The summed E-state index contributed by atoms with van der Waals surface area (Å²) < 4.78 is 7.12. The predicted octanol–water partition coefficient (Wildman–Crippen LogP) is 2.62. The van der Waals surface area contributed by atoms with Crippen LogP contribution in [0, 0.1) is 0 Å². The molecule has 1 aromatic heterocycles. The van der Waals surface area contributed by atoms with Gasteiger partial charge in [0.15, 0.2) is 0 Å². The molecule has 2 aromatic carbocycles. The van der Waals surface area contributed by atoms with Crippen molar-refractivity contribution in [3.8, 4) is 11.4 Å². The molecule has 0 radical (unpaired) electrons. The molecule has 1 fully saturated rings. The number of carbonyl (C=O) groups is 1. The third-order valence-corrected chi connectivity index (χ3v) is 5.17. The summed E-state index contributed by atoms with van der Waals surface area (Å²) in [5.74, 6) is 1.64. The summed E-state index contributed by atoms with van der Waals surface area (Å²) >= 11 is 0. The highest BCUT2D eigenvalue weighted by atomic mass is 16.5. The van der Waals surface area contributed by atoms with Crippen molar-refractivity contribution in [1.29, 1.82) is 0 Å². The topological polar surface area (TPSA) is 72.3 Å². The van der Waals surface area contributed by atoms with Crippen LogP contribution in [0.4, 0.5) is 0 Å². The number of methoxy groups -OCH3 is 1. The third-order valence-electron chi connectivity index (χ3n) is 5.17. The van der Waals surface area contributed by atoms with E-state index >= 15 is 0 Å². The van der Waals surface area contributed by atoms with Crippen LogP contribution in [0.15, 0.2) is 54.6 Å². The van der Waals surface area contributed by atoms with E-state index in [1.165, 1.54) is 0 Å². The number of amides is 1. The number of nitrogens with zero attached hydrogens (tertiary/aromatic N) is 4. The van der Waals surface area contributed by atoms with E-state index in [0.717, 1.165) is 29.4 Å². The Bertz CT molecular complexity index is 986. The largest absolute Gasteiger partial charge is 0.497 e. The normalized spacial score (nSPS) is 16.6. The lowest BCUT2D eigenvalue weighted by Gasteiger charge is -2.36. The van der Waals surface area contributed by atoms with Gasteiger partial charge in [-0.1, -0.05) is 37.3 Å². The number of ether oxygens (including phenoxy) is 1. The fraction of sp³-hybridized carbons (Fsp3) is 0.318. The van der Waals surface area contributed by atoms with Gasteiger partial charge in [0, 0.05) is 26.1 Å². The van der Waals surface area contributed by atoms with Gasteiger partial charge < -0.3 is 15.0 Å². The van der Waals surface area contributed by atoms with E-state index in [2.05, 4.69) is 15.4 Å². The van der Waals surface area contributed by atoms with Crippen LogP contribution < -0.4 is 10.1 Å². The van der Waals surface area contributed by atoms with Crippen molar-refractivity contribution in [2.45, 2.75) is 19.4 Å². The van der Waals surface area contributed by atoms with Crippen LogP contribution in [0.25, 0.3) is 5.69 Å². The Morgan fingerprint density at radius 3 is 2.79 bits per heavy atom. The molecule has 7 heteroatoms. The average Bonchev–Trinajstić information content (AvgIpc) is 3.24. The second kappa shape index (κ2) is 8.45. The van der Waals surface area contributed by atoms with Gasteiger partial charge in [-0.15, -0.1) is 5.10 Å². The summed E-state index contributed by atoms with van der Waals surface area (Å²) in [6.07, 6.45) is 0.691. The fourth-order valence-electron chi connectivity index (χ4n) is 3.66. The smallest absolute Gasteiger partial charge is 0.294 e. The molecule has 1 amide bonds. The van der Waals surface area contributed by atoms with Crippen molar-refractivity contribution in [1.82, 2.24) is 25.0 Å². The van der Waals surface area contributed by atoms with E-state index < -0.39 is 0 Å². The number of aryl methyl sites for hydroxylation is 1. The molecule has 0 bridgehead atoms. The first kappa shape index (κ1) is 19.1. The Labute approximate surface area is 170 Å². The molecule has 29 heavy (non-hydrogen) atoms. The van der Waals surface area contributed by atoms with Crippen molar-refractivity contribution in [2.75, 3.05) is 26.7 Å². The Morgan fingerprint density at radius 1 is 1.21 bits per heavy atom. The molecule has 0 saturated carbocycles. The van der Waals surface area contributed by atoms with Crippen LogP contribution in [-0.2, 0) is 6.42 Å². The van der Waals surface area contributed by atoms with Gasteiger partial charge in [0.25, 0.3) is 5.91 Å². The molecular weight excluding hydrogens is 366 g/mol. The minimum Gasteiger partial charge on any atom is -0.497 e. The zero-order chi connectivity index (χ0) is 20.2. The molecule has 4 rings (SSSR count). The zero-order valence-electron chi connectivity index (χ0n) is 16.7. The predicted molar refractivity (Wildman–Crippen MR) is 110 cm³/mol. The van der Waals surface area contributed by atoms with Gasteiger partial charge >= 0.3 is 0 Å². The molecule has 1 aliphatic rings. The van der Waals surface area contributed by atoms with Gasteiger partial charge in [-0.3, -0.25) is 4.79 Å². The quantitative estimate of drug-likeness (QED) is 0.724. The number of para-hydroxylation sites is 1. The lowest BCUT2D eigenvalue weighted by molar-refractivity contribution is 0.0621. The molecule has 7 nitrogen and oxygen atoms in total. The summed E-state index contributed by atoms with van der Waals surface area (Å²) in [4.78, 5) is 19.8. The average molecular weight is 391 g/mol. The van der Waals surface area contributed by atoms with Gasteiger partial charge in [-0.25, -0.2) is 9.67 Å². The Hall–Kier alpha value is -3.19. The molecular formula is C22H25N5O2. The van der Waals surface area contributed by atoms with Crippen LogP contribution in [0.5, 0.6) is 5.75 Å². The molecule has 2 heterocycles. The maximum Gasteiger partial charge on any atom is 0.294 e. The van der Waals surface area contributed by atoms with Crippen LogP contribution in [-0.4, -0.2) is 52.3 Å². The molecule has 3 aromatic rings. The molecule has 0 aliphatic carbocycles. The van der Waals surface area contributed by atoms with Gasteiger partial charge in [0.1, 0.15) is 11.6 Å². The van der Waals surface area contributed by atoms with Crippen LogP contribution in [0.1, 0.15) is 35.0 Å². The van der Waals surface area contributed by atoms with E-state index in [4.69, 9.17) is 4.74 Å². The molecule has 1 unspecified atom stereocenters. The first-order valence-corrected chi connectivity index (χ1v) is 9.88. The maximum atomic E-state index is 13.4. The highest BCUT2D eigenvalue weighted by Crippen LogP contribution is 2.26. The second-order valence-electron chi connectivity index (χ2n) is 6.95. The van der Waals surface area contributed by atoms with E-state index in [1.807, 2.05) is 66.4 Å². The SMILES string of the molecule is CCc1nc(C(=O)N2CCNCC2c2cccc(OC)c2)nn1-c1ccccc1. The number of hydrogen-bond donors (Lipinski definition) is 1. The second-order valence-corrected chi connectivity index (χ2v) is 6.95. The van der Waals surface area contributed by atoms with Crippen molar-refractivity contribution in [2.24, 2.45) is 0 Å². The molecule has 1 saturated heterocycles. The lowest BCUT2D eigenvalue weighted by Crippen LogP contribution is -2.49. The Balaban J connectivity index is 1.66. The maximum absolute atomic E-state index is 13.4. The van der Waals surface area contributed by atoms with Crippen molar-refractivity contribution >= 4 is 5.91 Å². The Morgan fingerprint density at radius 2 is 2.03 bits per heavy atom. The van der Waals surface area contributed by atoms with Crippen LogP contribution in [0.3, 0.4) is 0 Å². The van der Waals surface area contributed by atoms with Crippen molar-refractivity contribution < 1.29 is 9.53 Å². The summed E-state index contributed by atoms with van der Waals surface area (Å²) in [5.41, 5.74) is 1.93. The molecule has 1 atom stereocenters. The van der Waals surface area contributed by atoms with Crippen LogP contribution in [0.2, 0.25) is 0 Å². The standard InChI is InChI=1S/C22H25N5O2/c1-3-20-24-21(25-27(20)17-9-5-4-6-10-17)22(28)26-13-12-23-15-19(26)16-8-7-11-18(14-16)29-2/h4-11,14,19,23H,3,12-13,15H2,1-2H3. The van der Waals surface area contributed by atoms with Crippen molar-refractivity contribution in [3.63, 3.8) is 0 Å². The first-order valence-electron chi connectivity index (χ1n) is 9.88. The van der Waals surface area contributed by atoms with E-state index in [1.54, 1.807) is 11.8 Å². The zero-order valence-corrected chi connectivity index (χ0v) is 16.7. The van der Waals surface area contributed by atoms with E-state index in [-0.39, 0.29) is 17.8 Å². The number of hydrogen-bond acceptors (Lipinski definition) is 5. The number of nitrogens with one attached hydrogen (secondary N) is 1. The summed E-state index contributed by atoms with van der Waals surface area (Å²) in [6.45, 7) is 4.04.